The molecule has 21 heavy (non-hydrogen) atoms. The van der Waals surface area contributed by atoms with Gasteiger partial charge in [-0.15, -0.1) is 11.4 Å². The minimum absolute atomic E-state index is 0. The fraction of sp³-hybridized carbons (Fsp3) is 0.154. The molecule has 1 aliphatic heterocycles. The molecule has 1 aromatic heterocycles. The van der Waals surface area contributed by atoms with Gasteiger partial charge in [0.05, 0.1) is 23.7 Å². The van der Waals surface area contributed by atoms with E-state index in [2.05, 4.69) is 10.1 Å². The summed E-state index contributed by atoms with van der Waals surface area (Å²) in [6, 6.07) is 7.46. The topological polar surface area (TPSA) is 82.8 Å². The summed E-state index contributed by atoms with van der Waals surface area (Å²) >= 11 is 0. The smallest absolute Gasteiger partial charge is 0.877 e. The van der Waals surface area contributed by atoms with E-state index in [0.29, 0.717) is 12.2 Å². The van der Waals surface area contributed by atoms with Crippen LogP contribution in [0.2, 0.25) is 0 Å². The molecule has 7 nitrogen and oxygen atoms in total. The SMILES string of the molecule is COC1=NN(c2nc3ccccc3n2C)C(=O)/C1=C/[O-].[Na+]. The number of hydrogen-bond donors (Lipinski definition) is 0. The van der Waals surface area contributed by atoms with Gasteiger partial charge >= 0.3 is 29.6 Å². The second-order valence-electron chi connectivity index (χ2n) is 4.22. The number of nitrogens with zero attached hydrogens (tertiary/aromatic N) is 4. The number of hydrazone groups is 1. The van der Waals surface area contributed by atoms with Crippen molar-refractivity contribution in [2.24, 2.45) is 12.1 Å². The molecule has 8 heteroatoms. The van der Waals surface area contributed by atoms with Gasteiger partial charge in [-0.1, -0.05) is 12.1 Å². The third kappa shape index (κ3) is 2.33. The summed E-state index contributed by atoms with van der Waals surface area (Å²) in [6.07, 6.45) is 0.438. The maximum Gasteiger partial charge on any atom is 1.00 e. The van der Waals surface area contributed by atoms with E-state index in [1.54, 1.807) is 11.6 Å². The van der Waals surface area contributed by atoms with E-state index >= 15 is 0 Å². The Balaban J connectivity index is 0.00000161. The van der Waals surface area contributed by atoms with E-state index in [1.165, 1.54) is 7.11 Å². The first-order valence-corrected chi connectivity index (χ1v) is 5.88. The maximum atomic E-state index is 12.1. The number of fused-ring (bicyclic) bond motifs is 1. The number of anilines is 1. The Hall–Kier alpha value is -1.83. The maximum absolute atomic E-state index is 12.1. The standard InChI is InChI=1S/C13H12N4O3.Na/c1-16-10-6-4-3-5-9(10)14-13(16)17-12(19)8(7-18)11(15-17)20-2;/h3-7,18H,1-2H3;/q;+1/p-1/b8-7+;. The van der Waals surface area contributed by atoms with Gasteiger partial charge in [0.15, 0.2) is 0 Å². The molecule has 0 unspecified atom stereocenters. The number of carbonyl (C=O) groups is 1. The van der Waals surface area contributed by atoms with Crippen LogP contribution in [0.1, 0.15) is 0 Å². The molecule has 0 saturated heterocycles. The predicted octanol–water partition coefficient (Wildman–Crippen LogP) is -2.87. The average molecular weight is 294 g/mol. The molecule has 0 aliphatic carbocycles. The third-order valence-electron chi connectivity index (χ3n) is 3.11. The van der Waals surface area contributed by atoms with Crippen molar-refractivity contribution in [2.75, 3.05) is 12.1 Å². The van der Waals surface area contributed by atoms with Crippen molar-refractivity contribution >= 4 is 28.8 Å². The molecule has 2 heterocycles. The second-order valence-corrected chi connectivity index (χ2v) is 4.22. The van der Waals surface area contributed by atoms with Gasteiger partial charge in [0.1, 0.15) is 0 Å². The van der Waals surface area contributed by atoms with Crippen LogP contribution in [0, 0.1) is 0 Å². The summed E-state index contributed by atoms with van der Waals surface area (Å²) in [6.45, 7) is 0. The van der Waals surface area contributed by atoms with Crippen LogP contribution in [-0.2, 0) is 16.6 Å². The van der Waals surface area contributed by atoms with Gasteiger partial charge in [-0.3, -0.25) is 4.79 Å². The molecule has 1 amide bonds. The number of methoxy groups -OCH3 is 1. The summed E-state index contributed by atoms with van der Waals surface area (Å²) in [5.41, 5.74) is 1.50. The molecule has 1 aromatic carbocycles. The van der Waals surface area contributed by atoms with Gasteiger partial charge < -0.3 is 14.4 Å². The number of para-hydroxylation sites is 2. The fourth-order valence-corrected chi connectivity index (χ4v) is 2.11. The number of ether oxygens (including phenoxy) is 1. The van der Waals surface area contributed by atoms with E-state index < -0.39 is 5.91 Å². The van der Waals surface area contributed by atoms with Crippen LogP contribution in [0.15, 0.2) is 41.2 Å². The van der Waals surface area contributed by atoms with Crippen LogP contribution in [-0.4, -0.2) is 28.5 Å². The van der Waals surface area contributed by atoms with Gasteiger partial charge in [-0.25, -0.2) is 4.98 Å². The zero-order valence-electron chi connectivity index (χ0n) is 11.9. The van der Waals surface area contributed by atoms with Crippen LogP contribution in [0.3, 0.4) is 0 Å². The van der Waals surface area contributed by atoms with Crippen LogP contribution in [0.5, 0.6) is 0 Å². The van der Waals surface area contributed by atoms with Crippen molar-refractivity contribution in [1.82, 2.24) is 9.55 Å². The van der Waals surface area contributed by atoms with E-state index in [0.717, 1.165) is 16.0 Å². The first-order chi connectivity index (χ1) is 9.67. The monoisotopic (exact) mass is 294 g/mol. The molecular formula is C13H11N4NaO3. The van der Waals surface area contributed by atoms with Gasteiger partial charge in [0.25, 0.3) is 5.91 Å². The largest absolute Gasteiger partial charge is 1.00 e. The fourth-order valence-electron chi connectivity index (χ4n) is 2.11. The Kier molecular flexibility index (Phi) is 4.36. The van der Waals surface area contributed by atoms with E-state index in [9.17, 15) is 9.90 Å². The molecule has 1 aliphatic rings. The Morgan fingerprint density at radius 1 is 1.33 bits per heavy atom. The molecule has 0 bridgehead atoms. The van der Waals surface area contributed by atoms with Crippen molar-refractivity contribution < 1.29 is 44.2 Å². The predicted molar refractivity (Wildman–Crippen MR) is 70.7 cm³/mol. The first-order valence-electron chi connectivity index (χ1n) is 5.88. The van der Waals surface area contributed by atoms with E-state index in [1.807, 2.05) is 24.3 Å². The second kappa shape index (κ2) is 5.88. The third-order valence-corrected chi connectivity index (χ3v) is 3.11. The summed E-state index contributed by atoms with van der Waals surface area (Å²) in [4.78, 5) is 16.5. The number of rotatable bonds is 1. The summed E-state index contributed by atoms with van der Waals surface area (Å²) in [7, 11) is 3.13. The zero-order chi connectivity index (χ0) is 14.3. The molecule has 0 spiro atoms. The number of aromatic nitrogens is 2. The summed E-state index contributed by atoms with van der Waals surface area (Å²) < 4.78 is 6.67. The van der Waals surface area contributed by atoms with Gasteiger partial charge in [-0.2, -0.15) is 5.01 Å². The normalized spacial score (nSPS) is 16.3. The zero-order valence-corrected chi connectivity index (χ0v) is 13.9. The number of carbonyl (C=O) groups excluding carboxylic acids is 1. The summed E-state index contributed by atoms with van der Waals surface area (Å²) in [5.74, 6) is -0.213. The Labute approximate surface area is 142 Å². The Bertz CT molecular complexity index is 766. The van der Waals surface area contributed by atoms with Crippen molar-refractivity contribution in [2.45, 2.75) is 0 Å². The van der Waals surface area contributed by atoms with Crippen LogP contribution in [0.4, 0.5) is 5.95 Å². The molecule has 0 atom stereocenters. The van der Waals surface area contributed by atoms with Crippen molar-refractivity contribution in [3.05, 3.63) is 36.1 Å². The molecule has 0 radical (unpaired) electrons. The van der Waals surface area contributed by atoms with Crippen LogP contribution < -0.4 is 39.7 Å². The van der Waals surface area contributed by atoms with Crippen LogP contribution in [0.25, 0.3) is 11.0 Å². The van der Waals surface area contributed by atoms with Crippen molar-refractivity contribution in [3.8, 4) is 0 Å². The molecule has 3 rings (SSSR count). The van der Waals surface area contributed by atoms with Crippen molar-refractivity contribution in [3.63, 3.8) is 0 Å². The van der Waals surface area contributed by atoms with Crippen molar-refractivity contribution in [1.29, 1.82) is 0 Å². The van der Waals surface area contributed by atoms with E-state index in [4.69, 9.17) is 4.74 Å². The number of imidazole rings is 1. The van der Waals surface area contributed by atoms with Crippen LogP contribution >= 0.6 is 0 Å². The molecule has 0 N–H and O–H groups in total. The van der Waals surface area contributed by atoms with Gasteiger partial charge in [0.2, 0.25) is 11.8 Å². The first kappa shape index (κ1) is 15.6. The Morgan fingerprint density at radius 3 is 2.62 bits per heavy atom. The molecule has 0 fully saturated rings. The minimum atomic E-state index is -0.546. The Morgan fingerprint density at radius 2 is 2.05 bits per heavy atom. The molecule has 2 aromatic rings. The molecular weight excluding hydrogens is 283 g/mol. The molecule has 102 valence electrons. The molecule has 0 saturated carbocycles. The van der Waals surface area contributed by atoms with E-state index in [-0.39, 0.29) is 41.0 Å². The van der Waals surface area contributed by atoms with Gasteiger partial charge in [-0.05, 0) is 12.1 Å². The quantitative estimate of drug-likeness (QED) is 0.321. The average Bonchev–Trinajstić information content (AvgIpc) is 2.97. The summed E-state index contributed by atoms with van der Waals surface area (Å²) in [5, 5.41) is 16.0. The number of amides is 1. The minimum Gasteiger partial charge on any atom is -0.877 e. The number of hydrogen-bond acceptors (Lipinski definition) is 5. The number of benzene rings is 1. The number of aryl methyl sites for hydroxylation is 1. The van der Waals surface area contributed by atoms with Gasteiger partial charge in [0, 0.05) is 7.05 Å².